The van der Waals surface area contributed by atoms with Crippen LogP contribution in [0.1, 0.15) is 103 Å². The minimum atomic E-state index is -0.768. The van der Waals surface area contributed by atoms with Gasteiger partial charge in [-0.1, -0.05) is 39.0 Å². The zero-order chi connectivity index (χ0) is 27.9. The maximum Gasteiger partial charge on any atom is 0.280 e. The van der Waals surface area contributed by atoms with Gasteiger partial charge in [0.15, 0.2) is 5.01 Å². The van der Waals surface area contributed by atoms with Crippen LogP contribution in [0.3, 0.4) is 0 Å². The van der Waals surface area contributed by atoms with Crippen molar-refractivity contribution in [2.24, 2.45) is 5.92 Å². The van der Waals surface area contributed by atoms with E-state index in [4.69, 9.17) is 9.72 Å². The fourth-order valence-electron chi connectivity index (χ4n) is 6.20. The van der Waals surface area contributed by atoms with Gasteiger partial charge in [0.2, 0.25) is 0 Å². The quantitative estimate of drug-likeness (QED) is 0.448. The number of rotatable bonds is 8. The van der Waals surface area contributed by atoms with Crippen molar-refractivity contribution in [2.75, 3.05) is 24.7 Å². The summed E-state index contributed by atoms with van der Waals surface area (Å²) in [5, 5.41) is 6.83. The van der Waals surface area contributed by atoms with E-state index in [1.54, 1.807) is 0 Å². The molecule has 216 valence electrons. The molecule has 0 atom stereocenters. The van der Waals surface area contributed by atoms with Crippen LogP contribution < -0.4 is 10.6 Å². The van der Waals surface area contributed by atoms with Gasteiger partial charge < -0.3 is 15.4 Å². The molecule has 2 aromatic rings. The van der Waals surface area contributed by atoms with E-state index in [0.29, 0.717) is 41.2 Å². The lowest BCUT2D eigenvalue weighted by Crippen LogP contribution is -2.59. The minimum Gasteiger partial charge on any atom is -0.376 e. The summed E-state index contributed by atoms with van der Waals surface area (Å²) in [7, 11) is -0.768. The van der Waals surface area contributed by atoms with Gasteiger partial charge in [-0.2, -0.15) is 0 Å². The number of ether oxygens (including phenoxy) is 1. The molecule has 2 N–H and O–H groups in total. The number of carbonyl (C=O) groups is 2. The summed E-state index contributed by atoms with van der Waals surface area (Å²) in [5.41, 5.74) is 3.57. The standard InChI is InChI=1S/C31H41N3O4S2/c1-30(10-11-30)23-16-21(15-22(17-23)27(35)34-31(2)18-38-19-31)26-25(14-20-6-4-3-5-7-20)33-29(39-26)28(36)32-24-8-12-40(37)13-9-24/h15-17,20,24H,3-14,18-19H2,1-2H3,(H,32,36)(H,34,35). The Morgan fingerprint density at radius 2 is 1.75 bits per heavy atom. The molecule has 7 nitrogen and oxygen atoms in total. The molecule has 2 aliphatic heterocycles. The Morgan fingerprint density at radius 3 is 2.40 bits per heavy atom. The Hall–Kier alpha value is -2.10. The van der Waals surface area contributed by atoms with E-state index in [1.807, 2.05) is 13.0 Å². The van der Waals surface area contributed by atoms with E-state index in [9.17, 15) is 13.8 Å². The molecular formula is C31H41N3O4S2. The molecule has 2 aliphatic carbocycles. The van der Waals surface area contributed by atoms with Gasteiger partial charge in [-0.15, -0.1) is 11.3 Å². The van der Waals surface area contributed by atoms with Crippen LogP contribution in [0.25, 0.3) is 10.4 Å². The first-order valence-electron chi connectivity index (χ1n) is 14.9. The lowest BCUT2D eigenvalue weighted by molar-refractivity contribution is -0.0593. The Bertz CT molecular complexity index is 1300. The highest BCUT2D eigenvalue weighted by Gasteiger charge is 2.40. The largest absolute Gasteiger partial charge is 0.376 e. The molecule has 0 bridgehead atoms. The molecule has 0 spiro atoms. The second-order valence-electron chi connectivity index (χ2n) is 13.0. The lowest BCUT2D eigenvalue weighted by atomic mass is 9.85. The normalized spacial score (nSPS) is 25.6. The summed E-state index contributed by atoms with van der Waals surface area (Å²) >= 11 is 1.45. The number of nitrogens with zero attached hydrogens (tertiary/aromatic N) is 1. The Kier molecular flexibility index (Phi) is 7.91. The number of benzene rings is 1. The SMILES string of the molecule is CC1(NC(=O)c2cc(-c3sc(C(=O)NC4CCS(=O)CC4)nc3CC3CCCCC3)cc(C3(C)CC3)c2)COC1. The van der Waals surface area contributed by atoms with Crippen LogP contribution in [-0.2, 0) is 27.4 Å². The van der Waals surface area contributed by atoms with Crippen LogP contribution in [0, 0.1) is 5.92 Å². The van der Waals surface area contributed by atoms with Gasteiger partial charge in [-0.05, 0) is 79.7 Å². The summed E-state index contributed by atoms with van der Waals surface area (Å²) < 4.78 is 17.1. The molecule has 2 saturated carbocycles. The molecule has 0 radical (unpaired) electrons. The van der Waals surface area contributed by atoms with Gasteiger partial charge >= 0.3 is 0 Å². The topological polar surface area (TPSA) is 97.4 Å². The third-order valence-electron chi connectivity index (χ3n) is 9.23. The molecule has 2 amide bonds. The summed E-state index contributed by atoms with van der Waals surface area (Å²) in [6.07, 6.45) is 10.8. The van der Waals surface area contributed by atoms with Crippen molar-refractivity contribution in [3.63, 3.8) is 0 Å². The van der Waals surface area contributed by atoms with Crippen molar-refractivity contribution in [3.05, 3.63) is 40.0 Å². The van der Waals surface area contributed by atoms with E-state index in [0.717, 1.165) is 48.2 Å². The number of aromatic nitrogens is 1. The third kappa shape index (κ3) is 6.21. The molecule has 1 aromatic carbocycles. The number of thiazole rings is 1. The van der Waals surface area contributed by atoms with Crippen LogP contribution in [-0.4, -0.2) is 57.3 Å². The summed E-state index contributed by atoms with van der Waals surface area (Å²) in [4.78, 5) is 32.8. The molecule has 4 fully saturated rings. The first-order chi connectivity index (χ1) is 19.2. The van der Waals surface area contributed by atoms with Crippen molar-refractivity contribution in [1.82, 2.24) is 15.6 Å². The molecule has 2 saturated heterocycles. The molecule has 1 aromatic heterocycles. The van der Waals surface area contributed by atoms with Crippen LogP contribution >= 0.6 is 11.3 Å². The van der Waals surface area contributed by atoms with E-state index in [2.05, 4.69) is 29.7 Å². The van der Waals surface area contributed by atoms with Gasteiger partial charge in [0, 0.05) is 33.9 Å². The second-order valence-corrected chi connectivity index (χ2v) is 15.7. The maximum atomic E-state index is 13.4. The highest BCUT2D eigenvalue weighted by Crippen LogP contribution is 2.49. The van der Waals surface area contributed by atoms with Gasteiger partial charge in [0.1, 0.15) is 0 Å². The van der Waals surface area contributed by atoms with E-state index >= 15 is 0 Å². The molecule has 0 unspecified atom stereocenters. The number of carbonyl (C=O) groups excluding carboxylic acids is 2. The fraction of sp³-hybridized carbons (Fsp3) is 0.645. The van der Waals surface area contributed by atoms with Crippen molar-refractivity contribution >= 4 is 34.0 Å². The maximum absolute atomic E-state index is 13.4. The van der Waals surface area contributed by atoms with Crippen LogP contribution in [0.5, 0.6) is 0 Å². The van der Waals surface area contributed by atoms with Crippen LogP contribution in [0.2, 0.25) is 0 Å². The van der Waals surface area contributed by atoms with Crippen molar-refractivity contribution < 1.29 is 18.5 Å². The van der Waals surface area contributed by atoms with E-state index in [-0.39, 0.29) is 28.8 Å². The van der Waals surface area contributed by atoms with Crippen molar-refractivity contribution in [3.8, 4) is 10.4 Å². The van der Waals surface area contributed by atoms with E-state index in [1.165, 1.54) is 49.0 Å². The van der Waals surface area contributed by atoms with Gasteiger partial charge in [-0.3, -0.25) is 13.8 Å². The van der Waals surface area contributed by atoms with Gasteiger partial charge in [0.05, 0.1) is 29.3 Å². The average molecular weight is 584 g/mol. The van der Waals surface area contributed by atoms with Gasteiger partial charge in [-0.25, -0.2) is 4.98 Å². The minimum absolute atomic E-state index is 0.0460. The average Bonchev–Trinajstić information content (AvgIpc) is 3.55. The first-order valence-corrected chi connectivity index (χ1v) is 17.2. The Morgan fingerprint density at radius 1 is 1.02 bits per heavy atom. The molecule has 6 rings (SSSR count). The Labute approximate surface area is 243 Å². The smallest absolute Gasteiger partial charge is 0.280 e. The third-order valence-corrected chi connectivity index (χ3v) is 11.8. The molecular weight excluding hydrogens is 542 g/mol. The summed E-state index contributed by atoms with van der Waals surface area (Å²) in [6, 6.07) is 6.32. The van der Waals surface area contributed by atoms with E-state index < -0.39 is 10.8 Å². The zero-order valence-corrected chi connectivity index (χ0v) is 25.3. The first kappa shape index (κ1) is 28.0. The lowest BCUT2D eigenvalue weighted by Gasteiger charge is -2.38. The monoisotopic (exact) mass is 583 g/mol. The zero-order valence-electron chi connectivity index (χ0n) is 23.7. The molecule has 3 heterocycles. The second kappa shape index (κ2) is 11.3. The molecule has 40 heavy (non-hydrogen) atoms. The fourth-order valence-corrected chi connectivity index (χ4v) is 8.49. The van der Waals surface area contributed by atoms with Gasteiger partial charge in [0.25, 0.3) is 11.8 Å². The number of amides is 2. The number of nitrogens with one attached hydrogen (secondary N) is 2. The molecule has 9 heteroatoms. The Balaban J connectivity index is 1.33. The van der Waals surface area contributed by atoms with Crippen LogP contribution in [0.4, 0.5) is 0 Å². The van der Waals surface area contributed by atoms with Crippen LogP contribution in [0.15, 0.2) is 18.2 Å². The summed E-state index contributed by atoms with van der Waals surface area (Å²) in [6.45, 7) is 5.33. The number of hydrogen-bond donors (Lipinski definition) is 2. The van der Waals surface area contributed by atoms with Crippen molar-refractivity contribution in [2.45, 2.75) is 95.1 Å². The molecule has 4 aliphatic rings. The number of hydrogen-bond acceptors (Lipinski definition) is 6. The summed E-state index contributed by atoms with van der Waals surface area (Å²) in [5.74, 6) is 1.64. The van der Waals surface area contributed by atoms with Crippen molar-refractivity contribution in [1.29, 1.82) is 0 Å². The predicted octanol–water partition coefficient (Wildman–Crippen LogP) is 5.14. The highest BCUT2D eigenvalue weighted by molar-refractivity contribution is 7.85. The predicted molar refractivity (Wildman–Crippen MR) is 159 cm³/mol. The highest BCUT2D eigenvalue weighted by atomic mass is 32.2.